The van der Waals surface area contributed by atoms with Crippen LogP contribution in [0, 0.1) is 17.1 Å². The molecular formula is C14H7BrFNO2S. The van der Waals surface area contributed by atoms with Gasteiger partial charge in [-0.05, 0) is 46.3 Å². The Morgan fingerprint density at radius 2 is 2.05 bits per heavy atom. The van der Waals surface area contributed by atoms with E-state index in [9.17, 15) is 9.18 Å². The zero-order valence-electron chi connectivity index (χ0n) is 9.93. The van der Waals surface area contributed by atoms with Crippen LogP contribution in [-0.4, -0.2) is 11.1 Å². The van der Waals surface area contributed by atoms with Gasteiger partial charge in [-0.25, -0.2) is 9.18 Å². The van der Waals surface area contributed by atoms with Crippen LogP contribution in [0.2, 0.25) is 0 Å². The van der Waals surface area contributed by atoms with Crippen molar-refractivity contribution in [3.8, 4) is 6.07 Å². The Bertz CT molecular complexity index is 728. The monoisotopic (exact) mass is 351 g/mol. The summed E-state index contributed by atoms with van der Waals surface area (Å²) in [6.07, 6.45) is 0. The molecule has 0 aliphatic heterocycles. The molecule has 3 nitrogen and oxygen atoms in total. The van der Waals surface area contributed by atoms with Crippen LogP contribution >= 0.6 is 27.7 Å². The molecule has 0 aliphatic rings. The third-order valence-electron chi connectivity index (χ3n) is 2.49. The fourth-order valence-electron chi connectivity index (χ4n) is 1.53. The summed E-state index contributed by atoms with van der Waals surface area (Å²) in [6.45, 7) is 0. The van der Waals surface area contributed by atoms with E-state index in [1.807, 2.05) is 6.07 Å². The smallest absolute Gasteiger partial charge is 0.335 e. The maximum atomic E-state index is 13.7. The Morgan fingerprint density at radius 1 is 1.30 bits per heavy atom. The van der Waals surface area contributed by atoms with Gasteiger partial charge in [-0.15, -0.1) is 0 Å². The summed E-state index contributed by atoms with van der Waals surface area (Å²) < 4.78 is 14.4. The number of nitriles is 1. The molecule has 2 aromatic carbocycles. The molecule has 0 aromatic heterocycles. The number of benzene rings is 2. The molecular weight excluding hydrogens is 345 g/mol. The summed E-state index contributed by atoms with van der Waals surface area (Å²) in [7, 11) is 0. The molecule has 0 fully saturated rings. The van der Waals surface area contributed by atoms with Crippen LogP contribution in [0.4, 0.5) is 4.39 Å². The van der Waals surface area contributed by atoms with Crippen molar-refractivity contribution in [2.45, 2.75) is 9.79 Å². The van der Waals surface area contributed by atoms with E-state index in [1.54, 1.807) is 18.2 Å². The van der Waals surface area contributed by atoms with E-state index >= 15 is 0 Å². The second-order valence-electron chi connectivity index (χ2n) is 3.78. The minimum Gasteiger partial charge on any atom is -0.478 e. The van der Waals surface area contributed by atoms with Crippen molar-refractivity contribution in [2.75, 3.05) is 0 Å². The summed E-state index contributed by atoms with van der Waals surface area (Å²) in [5.41, 5.74) is 0.389. The molecule has 0 heterocycles. The van der Waals surface area contributed by atoms with Gasteiger partial charge < -0.3 is 5.11 Å². The van der Waals surface area contributed by atoms with Crippen molar-refractivity contribution in [3.63, 3.8) is 0 Å². The molecule has 0 saturated heterocycles. The summed E-state index contributed by atoms with van der Waals surface area (Å²) in [6, 6.07) is 10.7. The van der Waals surface area contributed by atoms with Crippen molar-refractivity contribution in [1.29, 1.82) is 5.26 Å². The summed E-state index contributed by atoms with van der Waals surface area (Å²) >= 11 is 4.27. The Hall–Kier alpha value is -1.84. The van der Waals surface area contributed by atoms with E-state index in [0.29, 0.717) is 14.9 Å². The largest absolute Gasteiger partial charge is 0.478 e. The third-order valence-corrected chi connectivity index (χ3v) is 4.24. The van der Waals surface area contributed by atoms with Crippen LogP contribution in [0.15, 0.2) is 50.7 Å². The quantitative estimate of drug-likeness (QED) is 0.894. The fraction of sp³-hybridized carbons (Fsp3) is 0. The first kappa shape index (κ1) is 14.6. The molecule has 0 bridgehead atoms. The molecule has 0 spiro atoms. The molecule has 2 rings (SSSR count). The lowest BCUT2D eigenvalue weighted by molar-refractivity contribution is 0.0696. The number of hydrogen-bond acceptors (Lipinski definition) is 3. The van der Waals surface area contributed by atoms with Crippen LogP contribution in [0.1, 0.15) is 15.9 Å². The van der Waals surface area contributed by atoms with E-state index in [0.717, 1.165) is 17.8 Å². The van der Waals surface area contributed by atoms with Crippen LogP contribution in [-0.2, 0) is 0 Å². The van der Waals surface area contributed by atoms with Gasteiger partial charge >= 0.3 is 5.97 Å². The molecule has 0 aliphatic carbocycles. The highest BCUT2D eigenvalue weighted by Crippen LogP contribution is 2.35. The lowest BCUT2D eigenvalue weighted by Gasteiger charge is -2.07. The zero-order chi connectivity index (χ0) is 14.7. The normalized spacial score (nSPS) is 10.1. The third kappa shape index (κ3) is 3.00. The van der Waals surface area contributed by atoms with Gasteiger partial charge in [0, 0.05) is 14.3 Å². The van der Waals surface area contributed by atoms with E-state index in [-0.39, 0.29) is 10.5 Å². The number of carbonyl (C=O) groups is 1. The highest BCUT2D eigenvalue weighted by atomic mass is 79.9. The fourth-order valence-corrected chi connectivity index (χ4v) is 3.11. The number of hydrogen-bond donors (Lipinski definition) is 1. The molecule has 1 N–H and O–H groups in total. The molecule has 20 heavy (non-hydrogen) atoms. The molecule has 0 unspecified atom stereocenters. The van der Waals surface area contributed by atoms with Crippen molar-refractivity contribution >= 4 is 33.7 Å². The molecule has 0 amide bonds. The predicted octanol–water partition coefficient (Wildman–Crippen LogP) is 4.31. The number of aromatic carboxylic acids is 1. The first-order valence-electron chi connectivity index (χ1n) is 5.42. The number of carboxylic acid groups (broad SMARTS) is 1. The summed E-state index contributed by atoms with van der Waals surface area (Å²) in [4.78, 5) is 11.6. The van der Waals surface area contributed by atoms with Gasteiger partial charge in [-0.3, -0.25) is 0 Å². The van der Waals surface area contributed by atoms with Crippen LogP contribution in [0.3, 0.4) is 0 Å². The van der Waals surface area contributed by atoms with Gasteiger partial charge in [0.05, 0.1) is 11.1 Å². The maximum Gasteiger partial charge on any atom is 0.335 e. The molecule has 6 heteroatoms. The molecule has 100 valence electrons. The van der Waals surface area contributed by atoms with Gasteiger partial charge in [0.1, 0.15) is 11.9 Å². The average Bonchev–Trinajstić information content (AvgIpc) is 2.41. The minimum atomic E-state index is -1.12. The average molecular weight is 352 g/mol. The zero-order valence-corrected chi connectivity index (χ0v) is 12.3. The Labute approximate surface area is 127 Å². The lowest BCUT2D eigenvalue weighted by atomic mass is 10.2. The highest BCUT2D eigenvalue weighted by Gasteiger charge is 2.13. The topological polar surface area (TPSA) is 61.1 Å². The summed E-state index contributed by atoms with van der Waals surface area (Å²) in [5.74, 6) is -1.65. The summed E-state index contributed by atoms with van der Waals surface area (Å²) in [5, 5.41) is 18.0. The Balaban J connectivity index is 2.45. The van der Waals surface area contributed by atoms with Gasteiger partial charge in [0.25, 0.3) is 0 Å². The Morgan fingerprint density at radius 3 is 2.70 bits per heavy atom. The molecule has 2 aromatic rings. The van der Waals surface area contributed by atoms with Gasteiger partial charge in [0.15, 0.2) is 0 Å². The number of carboxylic acids is 1. The number of halogens is 2. The van der Waals surface area contributed by atoms with Crippen LogP contribution < -0.4 is 0 Å². The first-order valence-corrected chi connectivity index (χ1v) is 7.03. The first-order chi connectivity index (χ1) is 9.52. The van der Waals surface area contributed by atoms with Crippen molar-refractivity contribution in [3.05, 3.63) is 57.8 Å². The van der Waals surface area contributed by atoms with E-state index in [4.69, 9.17) is 10.4 Å². The molecule has 0 radical (unpaired) electrons. The minimum absolute atomic E-state index is 0.00223. The van der Waals surface area contributed by atoms with E-state index in [1.165, 1.54) is 12.1 Å². The lowest BCUT2D eigenvalue weighted by Crippen LogP contribution is -1.97. The van der Waals surface area contributed by atoms with Crippen molar-refractivity contribution in [2.24, 2.45) is 0 Å². The van der Waals surface area contributed by atoms with Crippen LogP contribution in [0.25, 0.3) is 0 Å². The van der Waals surface area contributed by atoms with Gasteiger partial charge in [-0.2, -0.15) is 5.26 Å². The highest BCUT2D eigenvalue weighted by molar-refractivity contribution is 9.10. The number of rotatable bonds is 3. The SMILES string of the molecule is N#Cc1c(Br)cccc1Sc1cc(C(=O)O)ccc1F. The number of nitrogens with zero attached hydrogens (tertiary/aromatic N) is 1. The maximum absolute atomic E-state index is 13.7. The van der Waals surface area contributed by atoms with Gasteiger partial charge in [-0.1, -0.05) is 17.8 Å². The van der Waals surface area contributed by atoms with Crippen LogP contribution in [0.5, 0.6) is 0 Å². The predicted molar refractivity (Wildman–Crippen MR) is 76.3 cm³/mol. The van der Waals surface area contributed by atoms with E-state index in [2.05, 4.69) is 15.9 Å². The molecule has 0 saturated carbocycles. The van der Waals surface area contributed by atoms with E-state index < -0.39 is 11.8 Å². The van der Waals surface area contributed by atoms with Crippen molar-refractivity contribution in [1.82, 2.24) is 0 Å². The second-order valence-corrected chi connectivity index (χ2v) is 5.72. The van der Waals surface area contributed by atoms with Gasteiger partial charge in [0.2, 0.25) is 0 Å². The second kappa shape index (κ2) is 6.07. The van der Waals surface area contributed by atoms with Crippen molar-refractivity contribution < 1.29 is 14.3 Å². The Kier molecular flexibility index (Phi) is 4.42. The standard InChI is InChI=1S/C14H7BrFNO2S/c15-10-2-1-3-12(9(10)7-17)20-13-6-8(14(18)19)4-5-11(13)16/h1-6H,(H,18,19). The molecule has 0 atom stereocenters.